The standard InChI is InChI=1S/C31H35N3O2/c1-22-16-18-33(19-17-22)25-12-15-28-27(20-25)30(35)34(29(32-28)23-8-6-5-7-9-23)24-10-13-26(14-11-24)36-21-31(2,3)4/h5-15,20,22H,16-19,21H2,1-4H3. The first-order chi connectivity index (χ1) is 17.3. The molecule has 0 spiro atoms. The van der Waals surface area contributed by atoms with Gasteiger partial charge in [0.25, 0.3) is 5.56 Å². The molecule has 5 nitrogen and oxygen atoms in total. The zero-order chi connectivity index (χ0) is 25.3. The monoisotopic (exact) mass is 481 g/mol. The van der Waals surface area contributed by atoms with Crippen molar-refractivity contribution in [3.8, 4) is 22.8 Å². The van der Waals surface area contributed by atoms with Crippen LogP contribution in [0.3, 0.4) is 0 Å². The number of ether oxygens (including phenoxy) is 1. The molecule has 186 valence electrons. The van der Waals surface area contributed by atoms with Crippen LogP contribution in [0, 0.1) is 11.3 Å². The van der Waals surface area contributed by atoms with Gasteiger partial charge in [-0.15, -0.1) is 0 Å². The van der Waals surface area contributed by atoms with Gasteiger partial charge in [0.1, 0.15) is 11.6 Å². The van der Waals surface area contributed by atoms with Crippen LogP contribution in [0.4, 0.5) is 5.69 Å². The maximum absolute atomic E-state index is 14.0. The number of benzene rings is 3. The molecule has 4 aromatic rings. The molecule has 0 radical (unpaired) electrons. The number of anilines is 1. The van der Waals surface area contributed by atoms with Crippen LogP contribution in [0.25, 0.3) is 28.0 Å². The highest BCUT2D eigenvalue weighted by molar-refractivity contribution is 5.84. The van der Waals surface area contributed by atoms with Gasteiger partial charge in [0, 0.05) is 24.3 Å². The first kappa shape index (κ1) is 24.1. The second-order valence-electron chi connectivity index (χ2n) is 11.2. The number of fused-ring (bicyclic) bond motifs is 1. The van der Waals surface area contributed by atoms with E-state index in [0.717, 1.165) is 47.2 Å². The van der Waals surface area contributed by atoms with Crippen molar-refractivity contribution in [2.75, 3.05) is 24.6 Å². The molecule has 5 heteroatoms. The van der Waals surface area contributed by atoms with Crippen LogP contribution in [-0.2, 0) is 0 Å². The van der Waals surface area contributed by atoms with E-state index in [0.29, 0.717) is 17.8 Å². The first-order valence-electron chi connectivity index (χ1n) is 12.9. The van der Waals surface area contributed by atoms with E-state index in [-0.39, 0.29) is 11.0 Å². The minimum atomic E-state index is -0.0607. The Kier molecular flexibility index (Phi) is 6.57. The van der Waals surface area contributed by atoms with E-state index in [1.165, 1.54) is 12.8 Å². The van der Waals surface area contributed by atoms with Gasteiger partial charge in [0.15, 0.2) is 0 Å². The normalized spacial score (nSPS) is 14.8. The van der Waals surface area contributed by atoms with Crippen LogP contribution < -0.4 is 15.2 Å². The largest absolute Gasteiger partial charge is 0.493 e. The molecule has 0 atom stereocenters. The van der Waals surface area contributed by atoms with Crippen molar-refractivity contribution >= 4 is 16.6 Å². The van der Waals surface area contributed by atoms with Gasteiger partial charge in [0.2, 0.25) is 0 Å². The summed E-state index contributed by atoms with van der Waals surface area (Å²) in [6.07, 6.45) is 2.36. The molecule has 2 heterocycles. The highest BCUT2D eigenvalue weighted by Gasteiger charge is 2.19. The lowest BCUT2D eigenvalue weighted by atomic mass is 9.98. The lowest BCUT2D eigenvalue weighted by Gasteiger charge is -2.32. The van der Waals surface area contributed by atoms with Gasteiger partial charge < -0.3 is 9.64 Å². The maximum atomic E-state index is 14.0. The van der Waals surface area contributed by atoms with Crippen molar-refractivity contribution in [3.63, 3.8) is 0 Å². The predicted octanol–water partition coefficient (Wildman–Crippen LogP) is 6.71. The van der Waals surface area contributed by atoms with E-state index >= 15 is 0 Å². The van der Waals surface area contributed by atoms with E-state index in [2.05, 4.69) is 38.7 Å². The second-order valence-corrected chi connectivity index (χ2v) is 11.2. The Hall–Kier alpha value is -3.60. The number of aromatic nitrogens is 2. The average molecular weight is 482 g/mol. The zero-order valence-corrected chi connectivity index (χ0v) is 21.7. The van der Waals surface area contributed by atoms with Gasteiger partial charge in [-0.1, -0.05) is 58.0 Å². The van der Waals surface area contributed by atoms with Crippen LogP contribution in [0.2, 0.25) is 0 Å². The van der Waals surface area contributed by atoms with Crippen molar-refractivity contribution in [3.05, 3.63) is 83.2 Å². The quantitative estimate of drug-likeness (QED) is 0.318. The molecular weight excluding hydrogens is 446 g/mol. The molecule has 3 aromatic carbocycles. The van der Waals surface area contributed by atoms with Crippen LogP contribution >= 0.6 is 0 Å². The minimum Gasteiger partial charge on any atom is -0.493 e. The maximum Gasteiger partial charge on any atom is 0.266 e. The first-order valence-corrected chi connectivity index (χ1v) is 12.9. The fourth-order valence-electron chi connectivity index (χ4n) is 4.65. The van der Waals surface area contributed by atoms with Crippen molar-refractivity contribution in [2.45, 2.75) is 40.5 Å². The van der Waals surface area contributed by atoms with Crippen LogP contribution in [0.15, 0.2) is 77.6 Å². The summed E-state index contributed by atoms with van der Waals surface area (Å²) >= 11 is 0. The third kappa shape index (κ3) is 5.15. The van der Waals surface area contributed by atoms with E-state index in [1.54, 1.807) is 4.57 Å². The Morgan fingerprint density at radius 2 is 1.58 bits per heavy atom. The van der Waals surface area contributed by atoms with Gasteiger partial charge >= 0.3 is 0 Å². The Morgan fingerprint density at radius 3 is 2.25 bits per heavy atom. The van der Waals surface area contributed by atoms with Gasteiger partial charge in [-0.3, -0.25) is 9.36 Å². The Bertz CT molecular complexity index is 1390. The summed E-state index contributed by atoms with van der Waals surface area (Å²) in [5, 5.41) is 0.638. The number of piperidine rings is 1. The smallest absolute Gasteiger partial charge is 0.266 e. The van der Waals surface area contributed by atoms with Gasteiger partial charge in [-0.2, -0.15) is 0 Å². The van der Waals surface area contributed by atoms with E-state index in [1.807, 2.05) is 66.7 Å². The van der Waals surface area contributed by atoms with E-state index in [9.17, 15) is 4.79 Å². The highest BCUT2D eigenvalue weighted by Crippen LogP contribution is 2.28. The molecule has 5 rings (SSSR count). The number of hydrogen-bond donors (Lipinski definition) is 0. The van der Waals surface area contributed by atoms with Crippen LogP contribution in [0.1, 0.15) is 40.5 Å². The summed E-state index contributed by atoms with van der Waals surface area (Å²) < 4.78 is 7.69. The lowest BCUT2D eigenvalue weighted by molar-refractivity contribution is 0.198. The van der Waals surface area contributed by atoms with E-state index in [4.69, 9.17) is 9.72 Å². The summed E-state index contributed by atoms with van der Waals surface area (Å²) in [5.41, 5.74) is 3.50. The molecular formula is C31H35N3O2. The average Bonchev–Trinajstić information content (AvgIpc) is 2.88. The number of rotatable bonds is 5. The summed E-state index contributed by atoms with van der Waals surface area (Å²) in [6, 6.07) is 23.8. The summed E-state index contributed by atoms with van der Waals surface area (Å²) in [5.74, 6) is 2.18. The SMILES string of the molecule is CC1CCN(c2ccc3nc(-c4ccccc4)n(-c4ccc(OCC(C)(C)C)cc4)c(=O)c3c2)CC1. The molecule has 1 saturated heterocycles. The Balaban J connectivity index is 1.60. The molecule has 0 saturated carbocycles. The highest BCUT2D eigenvalue weighted by atomic mass is 16.5. The predicted molar refractivity (Wildman–Crippen MR) is 148 cm³/mol. The third-order valence-corrected chi connectivity index (χ3v) is 6.80. The van der Waals surface area contributed by atoms with Crippen molar-refractivity contribution in [1.29, 1.82) is 0 Å². The fraction of sp³-hybridized carbons (Fsp3) is 0.355. The Morgan fingerprint density at radius 1 is 0.917 bits per heavy atom. The second kappa shape index (κ2) is 9.81. The Labute approximate surface area is 213 Å². The van der Waals surface area contributed by atoms with Gasteiger partial charge in [0.05, 0.1) is 23.2 Å². The molecule has 1 aliphatic rings. The molecule has 0 unspecified atom stereocenters. The molecule has 0 bridgehead atoms. The van der Waals surface area contributed by atoms with Gasteiger partial charge in [-0.25, -0.2) is 4.98 Å². The molecule has 1 aliphatic heterocycles. The van der Waals surface area contributed by atoms with Crippen LogP contribution in [0.5, 0.6) is 5.75 Å². The molecule has 36 heavy (non-hydrogen) atoms. The summed E-state index contributed by atoms with van der Waals surface area (Å²) in [7, 11) is 0. The van der Waals surface area contributed by atoms with Crippen LogP contribution in [-0.4, -0.2) is 29.2 Å². The fourth-order valence-corrected chi connectivity index (χ4v) is 4.65. The van der Waals surface area contributed by atoms with Gasteiger partial charge in [-0.05, 0) is 66.6 Å². The lowest BCUT2D eigenvalue weighted by Crippen LogP contribution is -2.32. The molecule has 1 fully saturated rings. The molecule has 0 N–H and O–H groups in total. The number of nitrogens with zero attached hydrogens (tertiary/aromatic N) is 3. The van der Waals surface area contributed by atoms with Crippen molar-refractivity contribution in [1.82, 2.24) is 9.55 Å². The zero-order valence-electron chi connectivity index (χ0n) is 21.7. The third-order valence-electron chi connectivity index (χ3n) is 6.80. The molecule has 0 amide bonds. The topological polar surface area (TPSA) is 47.4 Å². The van der Waals surface area contributed by atoms with E-state index < -0.39 is 0 Å². The summed E-state index contributed by atoms with van der Waals surface area (Å²) in [6.45, 7) is 11.4. The van der Waals surface area contributed by atoms with Crippen molar-refractivity contribution < 1.29 is 4.74 Å². The minimum absolute atomic E-state index is 0.0607. The summed E-state index contributed by atoms with van der Waals surface area (Å²) in [4.78, 5) is 21.4. The molecule has 1 aromatic heterocycles. The number of hydrogen-bond acceptors (Lipinski definition) is 4. The molecule has 0 aliphatic carbocycles. The van der Waals surface area contributed by atoms with Crippen molar-refractivity contribution in [2.24, 2.45) is 11.3 Å².